The molecule has 0 aliphatic heterocycles. The second-order valence-electron chi connectivity index (χ2n) is 7.63. The van der Waals surface area contributed by atoms with E-state index in [0.717, 1.165) is 35.7 Å². The highest BCUT2D eigenvalue weighted by Gasteiger charge is 2.16. The third-order valence-electron chi connectivity index (χ3n) is 5.51. The fraction of sp³-hybridized carbons (Fsp3) is 0.333. The van der Waals surface area contributed by atoms with Crippen molar-refractivity contribution < 1.29 is 9.53 Å². The summed E-state index contributed by atoms with van der Waals surface area (Å²) < 4.78 is 7.91. The molecule has 0 bridgehead atoms. The number of benzene rings is 2. The van der Waals surface area contributed by atoms with Crippen molar-refractivity contribution >= 4 is 5.91 Å². The number of nitrogens with one attached hydrogen (secondary N) is 1. The summed E-state index contributed by atoms with van der Waals surface area (Å²) in [5.41, 5.74) is 4.87. The summed E-state index contributed by atoms with van der Waals surface area (Å²) in [4.78, 5) is 16.7. The first kappa shape index (κ1) is 19.2. The smallest absolute Gasteiger partial charge is 0.261 e. The van der Waals surface area contributed by atoms with Crippen molar-refractivity contribution in [3.05, 3.63) is 77.4 Å². The average molecular weight is 389 g/mol. The highest BCUT2D eigenvalue weighted by atomic mass is 16.5. The molecule has 29 heavy (non-hydrogen) atoms. The molecule has 1 aromatic heterocycles. The second-order valence-corrected chi connectivity index (χ2v) is 7.63. The van der Waals surface area contributed by atoms with Gasteiger partial charge in [0.05, 0.1) is 0 Å². The highest BCUT2D eigenvalue weighted by Crippen LogP contribution is 2.25. The van der Waals surface area contributed by atoms with Crippen molar-refractivity contribution in [1.29, 1.82) is 0 Å². The molecule has 0 saturated heterocycles. The third-order valence-corrected chi connectivity index (χ3v) is 5.51. The summed E-state index contributed by atoms with van der Waals surface area (Å²) in [5.74, 6) is 1.60. The number of carbonyl (C=O) groups excluding carboxylic acids is 1. The van der Waals surface area contributed by atoms with E-state index in [9.17, 15) is 4.79 Å². The SMILES string of the molecule is Cc1nccn1-c1ccc(CNC(=O)C(C)Oc2ccc3c(c2)CCCC3)cc1. The van der Waals surface area contributed by atoms with E-state index >= 15 is 0 Å². The number of aromatic nitrogens is 2. The van der Waals surface area contributed by atoms with Crippen LogP contribution in [0.1, 0.15) is 42.3 Å². The maximum Gasteiger partial charge on any atom is 0.261 e. The molecule has 1 aliphatic carbocycles. The first-order valence-corrected chi connectivity index (χ1v) is 10.3. The van der Waals surface area contributed by atoms with Gasteiger partial charge in [0, 0.05) is 24.6 Å². The van der Waals surface area contributed by atoms with Gasteiger partial charge in [-0.15, -0.1) is 0 Å². The highest BCUT2D eigenvalue weighted by molar-refractivity contribution is 5.80. The van der Waals surface area contributed by atoms with Gasteiger partial charge in [-0.25, -0.2) is 4.98 Å². The van der Waals surface area contributed by atoms with E-state index in [1.54, 1.807) is 13.1 Å². The van der Waals surface area contributed by atoms with Gasteiger partial charge in [0.25, 0.3) is 5.91 Å². The number of rotatable bonds is 6. The molecule has 1 unspecified atom stereocenters. The lowest BCUT2D eigenvalue weighted by Gasteiger charge is -2.19. The van der Waals surface area contributed by atoms with Crippen LogP contribution in [0.15, 0.2) is 54.9 Å². The third kappa shape index (κ3) is 4.50. The number of imidazole rings is 1. The van der Waals surface area contributed by atoms with E-state index in [1.807, 2.05) is 48.0 Å². The number of nitrogens with zero attached hydrogens (tertiary/aromatic N) is 2. The number of amides is 1. The normalized spacial score (nSPS) is 14.1. The molecule has 0 radical (unpaired) electrons. The molecule has 1 heterocycles. The molecule has 1 aliphatic rings. The van der Waals surface area contributed by atoms with Crippen LogP contribution in [0.25, 0.3) is 5.69 Å². The van der Waals surface area contributed by atoms with E-state index in [1.165, 1.54) is 24.0 Å². The van der Waals surface area contributed by atoms with Gasteiger partial charge in [-0.05, 0) is 80.5 Å². The Labute approximate surface area is 171 Å². The van der Waals surface area contributed by atoms with Gasteiger partial charge in [0.1, 0.15) is 11.6 Å². The summed E-state index contributed by atoms with van der Waals surface area (Å²) in [6, 6.07) is 14.3. The second kappa shape index (κ2) is 8.52. The molecular formula is C24H27N3O2. The minimum Gasteiger partial charge on any atom is -0.481 e. The number of aryl methyl sites for hydroxylation is 3. The Balaban J connectivity index is 1.31. The summed E-state index contributed by atoms with van der Waals surface area (Å²) in [6.07, 6.45) is 7.91. The summed E-state index contributed by atoms with van der Waals surface area (Å²) in [7, 11) is 0. The predicted molar refractivity (Wildman–Crippen MR) is 113 cm³/mol. The van der Waals surface area contributed by atoms with Crippen LogP contribution in [0, 0.1) is 6.92 Å². The Morgan fingerprint density at radius 2 is 1.90 bits per heavy atom. The van der Waals surface area contributed by atoms with Crippen LogP contribution in [0.2, 0.25) is 0 Å². The molecule has 1 atom stereocenters. The zero-order chi connectivity index (χ0) is 20.2. The van der Waals surface area contributed by atoms with E-state index < -0.39 is 6.10 Å². The molecule has 1 amide bonds. The van der Waals surface area contributed by atoms with Gasteiger partial charge < -0.3 is 14.6 Å². The molecule has 4 rings (SSSR count). The largest absolute Gasteiger partial charge is 0.481 e. The van der Waals surface area contributed by atoms with Crippen LogP contribution in [-0.2, 0) is 24.2 Å². The lowest BCUT2D eigenvalue weighted by atomic mass is 9.92. The van der Waals surface area contributed by atoms with Crippen molar-refractivity contribution in [2.75, 3.05) is 0 Å². The van der Waals surface area contributed by atoms with Crippen molar-refractivity contribution in [3.8, 4) is 11.4 Å². The minimum atomic E-state index is -0.537. The molecule has 3 aromatic rings. The van der Waals surface area contributed by atoms with Crippen molar-refractivity contribution in [1.82, 2.24) is 14.9 Å². The van der Waals surface area contributed by atoms with Crippen LogP contribution in [-0.4, -0.2) is 21.6 Å². The Kier molecular flexibility index (Phi) is 5.65. The molecule has 5 heteroatoms. The Morgan fingerprint density at radius 1 is 1.14 bits per heavy atom. The molecule has 0 fully saturated rings. The zero-order valence-corrected chi connectivity index (χ0v) is 17.0. The standard InChI is InChI=1S/C24H27N3O2/c1-17(29-23-12-9-20-5-3-4-6-21(20)15-23)24(28)26-16-19-7-10-22(11-8-19)27-14-13-25-18(27)2/h7-15,17H,3-6,16H2,1-2H3,(H,26,28). The maximum absolute atomic E-state index is 12.5. The number of hydrogen-bond donors (Lipinski definition) is 1. The van der Waals surface area contributed by atoms with Crippen LogP contribution >= 0.6 is 0 Å². The number of fused-ring (bicyclic) bond motifs is 1. The van der Waals surface area contributed by atoms with E-state index in [0.29, 0.717) is 6.54 Å². The lowest BCUT2D eigenvalue weighted by Crippen LogP contribution is -2.35. The Bertz CT molecular complexity index is 992. The molecule has 0 saturated carbocycles. The van der Waals surface area contributed by atoms with Crippen molar-refractivity contribution in [3.63, 3.8) is 0 Å². The molecular weight excluding hydrogens is 362 g/mol. The van der Waals surface area contributed by atoms with Crippen LogP contribution < -0.4 is 10.1 Å². The van der Waals surface area contributed by atoms with E-state index in [2.05, 4.69) is 22.4 Å². The summed E-state index contributed by atoms with van der Waals surface area (Å²) in [5, 5.41) is 2.96. The van der Waals surface area contributed by atoms with Gasteiger partial charge in [0.15, 0.2) is 6.10 Å². The minimum absolute atomic E-state index is 0.114. The van der Waals surface area contributed by atoms with E-state index in [4.69, 9.17) is 4.74 Å². The van der Waals surface area contributed by atoms with Gasteiger partial charge in [-0.3, -0.25) is 4.79 Å². The molecule has 5 nitrogen and oxygen atoms in total. The molecule has 2 aromatic carbocycles. The summed E-state index contributed by atoms with van der Waals surface area (Å²) in [6.45, 7) is 4.23. The first-order valence-electron chi connectivity index (χ1n) is 10.3. The van der Waals surface area contributed by atoms with Gasteiger partial charge in [-0.2, -0.15) is 0 Å². The number of carbonyl (C=O) groups is 1. The number of ether oxygens (including phenoxy) is 1. The van der Waals surface area contributed by atoms with Gasteiger partial charge in [-0.1, -0.05) is 18.2 Å². The maximum atomic E-state index is 12.5. The Hall–Kier alpha value is -3.08. The van der Waals surface area contributed by atoms with Crippen molar-refractivity contribution in [2.45, 2.75) is 52.2 Å². The van der Waals surface area contributed by atoms with Crippen LogP contribution in [0.5, 0.6) is 5.75 Å². The molecule has 150 valence electrons. The average Bonchev–Trinajstić information content (AvgIpc) is 3.18. The Morgan fingerprint density at radius 3 is 2.62 bits per heavy atom. The fourth-order valence-corrected chi connectivity index (χ4v) is 3.80. The fourth-order valence-electron chi connectivity index (χ4n) is 3.80. The topological polar surface area (TPSA) is 56.2 Å². The van der Waals surface area contributed by atoms with Gasteiger partial charge in [0.2, 0.25) is 0 Å². The monoisotopic (exact) mass is 389 g/mol. The summed E-state index contributed by atoms with van der Waals surface area (Å²) >= 11 is 0. The lowest BCUT2D eigenvalue weighted by molar-refractivity contribution is -0.127. The predicted octanol–water partition coefficient (Wildman–Crippen LogP) is 4.14. The zero-order valence-electron chi connectivity index (χ0n) is 17.0. The molecule has 1 N–H and O–H groups in total. The van der Waals surface area contributed by atoms with Crippen LogP contribution in [0.3, 0.4) is 0 Å². The first-order chi connectivity index (χ1) is 14.1. The van der Waals surface area contributed by atoms with Crippen LogP contribution in [0.4, 0.5) is 0 Å². The quantitative estimate of drug-likeness (QED) is 0.689. The van der Waals surface area contributed by atoms with Gasteiger partial charge >= 0.3 is 0 Å². The number of hydrogen-bond acceptors (Lipinski definition) is 3. The van der Waals surface area contributed by atoms with Crippen molar-refractivity contribution in [2.24, 2.45) is 0 Å². The van der Waals surface area contributed by atoms with E-state index in [-0.39, 0.29) is 5.91 Å². The molecule has 0 spiro atoms.